The molecule has 0 aliphatic heterocycles. The van der Waals surface area contributed by atoms with Gasteiger partial charge in [-0.2, -0.15) is 0 Å². The van der Waals surface area contributed by atoms with Crippen LogP contribution in [0.3, 0.4) is 0 Å². The van der Waals surface area contributed by atoms with E-state index in [2.05, 4.69) is 27.7 Å². The Balaban J connectivity index is 3.32. The summed E-state index contributed by atoms with van der Waals surface area (Å²) in [5.41, 5.74) is 0. The molecule has 0 nitrogen and oxygen atoms in total. The van der Waals surface area contributed by atoms with Gasteiger partial charge in [0.05, 0.1) is 0 Å². The van der Waals surface area contributed by atoms with E-state index in [1.165, 1.54) is 64.2 Å². The quantitative estimate of drug-likeness (QED) is 0.275. The summed E-state index contributed by atoms with van der Waals surface area (Å²) in [5, 5.41) is 0. The van der Waals surface area contributed by atoms with Crippen molar-refractivity contribution < 1.29 is 0 Å². The molecule has 0 heterocycles. The first kappa shape index (κ1) is 19.0. The van der Waals surface area contributed by atoms with Crippen LogP contribution >= 0.6 is 0 Å². The molecule has 0 saturated heterocycles. The first-order valence-electron chi connectivity index (χ1n) is 8.02. The molecule has 0 aromatic rings. The zero-order chi connectivity index (χ0) is 13.6. The molecule has 0 fully saturated rings. The van der Waals surface area contributed by atoms with Crippen LogP contribution in [0.2, 0.25) is 9.63 Å². The summed E-state index contributed by atoms with van der Waals surface area (Å²) in [7, 11) is 0. The molecule has 2 atom stereocenters. The van der Waals surface area contributed by atoms with E-state index in [-0.39, 0.29) is 0 Å². The molecule has 0 amide bonds. The number of unbranched alkanes of at least 4 members (excludes halogenated alkanes) is 6. The van der Waals surface area contributed by atoms with Crippen LogP contribution < -0.4 is 0 Å². The minimum atomic E-state index is 0.962. The first-order chi connectivity index (χ1) is 8.70. The average molecular weight is 384 g/mol. The van der Waals surface area contributed by atoms with Crippen molar-refractivity contribution in [2.24, 2.45) is 0 Å². The Morgan fingerprint density at radius 1 is 0.611 bits per heavy atom. The molecule has 0 aromatic carbocycles. The van der Waals surface area contributed by atoms with Gasteiger partial charge in [-0.3, -0.25) is 0 Å². The molecule has 0 rings (SSSR count). The van der Waals surface area contributed by atoms with Gasteiger partial charge in [0.15, 0.2) is 0 Å². The topological polar surface area (TPSA) is 0 Å². The maximum absolute atomic E-state index is 2.50. The third-order valence-corrected chi connectivity index (χ3v) is 14.3. The van der Waals surface area contributed by atoms with Gasteiger partial charge in [-0.1, -0.05) is 0 Å². The van der Waals surface area contributed by atoms with Crippen molar-refractivity contribution in [3.8, 4) is 0 Å². The summed E-state index contributed by atoms with van der Waals surface area (Å²) in [6.45, 7) is 9.60. The van der Waals surface area contributed by atoms with Crippen molar-refractivity contribution in [3.05, 3.63) is 0 Å². The maximum atomic E-state index is 2.50. The van der Waals surface area contributed by atoms with Crippen molar-refractivity contribution in [3.63, 3.8) is 0 Å². The normalized spacial score (nSPS) is 14.7. The molecule has 2 heteroatoms. The van der Waals surface area contributed by atoms with Crippen molar-refractivity contribution in [2.45, 2.75) is 102 Å². The predicted molar refractivity (Wildman–Crippen MR) is 87.9 cm³/mol. The molecule has 0 bridgehead atoms. The molecule has 2 unspecified atom stereocenters. The van der Waals surface area contributed by atoms with Gasteiger partial charge in [0.25, 0.3) is 0 Å². The van der Waals surface area contributed by atoms with E-state index in [0.29, 0.717) is 0 Å². The van der Waals surface area contributed by atoms with Crippen molar-refractivity contribution in [1.82, 2.24) is 0 Å². The minimum absolute atomic E-state index is 0.962. The summed E-state index contributed by atoms with van der Waals surface area (Å²) >= 11 is 1.92. The zero-order valence-corrected chi connectivity index (χ0v) is 16.5. The Labute approximate surface area is 127 Å². The Kier molecular flexibility index (Phi) is 15.3. The van der Waals surface area contributed by atoms with Crippen molar-refractivity contribution in [2.75, 3.05) is 0 Å². The van der Waals surface area contributed by atoms with Crippen LogP contribution in [-0.4, -0.2) is 26.3 Å². The molecule has 0 aliphatic rings. The van der Waals surface area contributed by atoms with Crippen LogP contribution in [0.1, 0.15) is 91.9 Å². The van der Waals surface area contributed by atoms with E-state index in [1.54, 1.807) is 0 Å². The fourth-order valence-electron chi connectivity index (χ4n) is 2.00. The van der Waals surface area contributed by atoms with Gasteiger partial charge in [0, 0.05) is 0 Å². The van der Waals surface area contributed by atoms with E-state index in [4.69, 9.17) is 0 Å². The summed E-state index contributed by atoms with van der Waals surface area (Å²) < 4.78 is 0. The van der Waals surface area contributed by atoms with Crippen LogP contribution in [0.4, 0.5) is 0 Å². The molecule has 0 spiro atoms. The molecule has 0 radical (unpaired) electrons. The Bertz CT molecular complexity index is 141. The molecule has 0 N–H and O–H groups in total. The van der Waals surface area contributed by atoms with Gasteiger partial charge in [-0.25, -0.2) is 0 Å². The number of hydrogen-bond donors (Lipinski definition) is 0. The van der Waals surface area contributed by atoms with Gasteiger partial charge in [-0.05, 0) is 0 Å². The summed E-state index contributed by atoms with van der Waals surface area (Å²) in [6, 6.07) is 0. The second-order valence-corrected chi connectivity index (χ2v) is 13.9. The van der Waals surface area contributed by atoms with Gasteiger partial charge in [0.1, 0.15) is 0 Å². The molecular formula is C16H34Se2. The monoisotopic (exact) mass is 386 g/mol. The SMILES string of the molecule is CCCCCCC(C)[Se][Se]C(C)CCCCCC. The summed E-state index contributed by atoms with van der Waals surface area (Å²) in [4.78, 5) is 2.10. The van der Waals surface area contributed by atoms with Crippen molar-refractivity contribution >= 4 is 26.3 Å². The molecule has 0 aliphatic carbocycles. The molecule has 110 valence electrons. The first-order valence-corrected chi connectivity index (χ1v) is 14.3. The molecule has 0 aromatic heterocycles. The van der Waals surface area contributed by atoms with E-state index >= 15 is 0 Å². The van der Waals surface area contributed by atoms with Crippen LogP contribution in [-0.2, 0) is 0 Å². The fourth-order valence-corrected chi connectivity index (χ4v) is 10.1. The Hall–Kier alpha value is 1.04. The number of hydrogen-bond acceptors (Lipinski definition) is 0. The van der Waals surface area contributed by atoms with E-state index in [1.807, 2.05) is 0 Å². The van der Waals surface area contributed by atoms with E-state index in [0.717, 1.165) is 35.9 Å². The van der Waals surface area contributed by atoms with Crippen LogP contribution in [0.25, 0.3) is 0 Å². The van der Waals surface area contributed by atoms with Gasteiger partial charge < -0.3 is 0 Å². The van der Waals surface area contributed by atoms with E-state index in [9.17, 15) is 0 Å². The second kappa shape index (κ2) is 14.4. The van der Waals surface area contributed by atoms with Crippen LogP contribution in [0.5, 0.6) is 0 Å². The second-order valence-electron chi connectivity index (χ2n) is 5.51. The molecular weight excluding hydrogens is 350 g/mol. The molecule has 0 saturated carbocycles. The fraction of sp³-hybridized carbons (Fsp3) is 1.00. The van der Waals surface area contributed by atoms with Gasteiger partial charge >= 0.3 is 128 Å². The Morgan fingerprint density at radius 3 is 1.33 bits per heavy atom. The number of rotatable bonds is 13. The summed E-state index contributed by atoms with van der Waals surface area (Å²) in [6.07, 6.45) is 14.5. The van der Waals surface area contributed by atoms with E-state index < -0.39 is 0 Å². The third-order valence-electron chi connectivity index (χ3n) is 3.31. The zero-order valence-electron chi connectivity index (χ0n) is 13.0. The Morgan fingerprint density at radius 2 is 1.00 bits per heavy atom. The van der Waals surface area contributed by atoms with Gasteiger partial charge in [0.2, 0.25) is 0 Å². The van der Waals surface area contributed by atoms with Crippen LogP contribution in [0, 0.1) is 0 Å². The summed E-state index contributed by atoms with van der Waals surface area (Å²) in [5.74, 6) is 0. The standard InChI is InChI=1S/C16H34Se2/c1-5-7-9-11-13-15(3)17-18-16(4)14-12-10-8-6-2/h15-16H,5-14H2,1-4H3. The van der Waals surface area contributed by atoms with Gasteiger partial charge in [-0.15, -0.1) is 0 Å². The van der Waals surface area contributed by atoms with Crippen LogP contribution in [0.15, 0.2) is 0 Å². The van der Waals surface area contributed by atoms with Crippen molar-refractivity contribution in [1.29, 1.82) is 0 Å². The molecule has 18 heavy (non-hydrogen) atoms. The average Bonchev–Trinajstić information content (AvgIpc) is 2.37. The predicted octanol–water partition coefficient (Wildman–Crippen LogP) is 5.87. The third kappa shape index (κ3) is 13.5.